The van der Waals surface area contributed by atoms with Crippen LogP contribution in [0.4, 0.5) is 0 Å². The molecule has 18 heavy (non-hydrogen) atoms. The molecule has 2 atom stereocenters. The van der Waals surface area contributed by atoms with Gasteiger partial charge in [0.05, 0.1) is 0 Å². The summed E-state index contributed by atoms with van der Waals surface area (Å²) in [6.07, 6.45) is 12.1. The molecule has 1 nitrogen and oxygen atoms in total. The minimum Gasteiger partial charge on any atom is -0.295 e. The van der Waals surface area contributed by atoms with Crippen molar-refractivity contribution < 1.29 is 4.79 Å². The molecule has 0 amide bonds. The Morgan fingerprint density at radius 2 is 1.39 bits per heavy atom. The average molecular weight is 283 g/mol. The van der Waals surface area contributed by atoms with Gasteiger partial charge in [-0.15, -0.1) is 23.2 Å². The maximum absolute atomic E-state index is 12.7. The first-order valence-electron chi connectivity index (χ1n) is 5.98. The fourth-order valence-corrected chi connectivity index (χ4v) is 3.39. The van der Waals surface area contributed by atoms with E-state index < -0.39 is 9.75 Å². The van der Waals surface area contributed by atoms with Crippen LogP contribution in [0.1, 0.15) is 26.7 Å². The highest BCUT2D eigenvalue weighted by molar-refractivity contribution is 6.47. The molecule has 0 saturated carbocycles. The second kappa shape index (κ2) is 4.71. The zero-order valence-corrected chi connectivity index (χ0v) is 12.1. The van der Waals surface area contributed by atoms with Crippen molar-refractivity contribution in [3.63, 3.8) is 0 Å². The molecule has 3 heteroatoms. The molecule has 0 aromatic carbocycles. The summed E-state index contributed by atoms with van der Waals surface area (Å²) in [6, 6.07) is 0. The molecule has 2 aliphatic rings. The van der Waals surface area contributed by atoms with E-state index in [0.29, 0.717) is 12.8 Å². The van der Waals surface area contributed by atoms with Gasteiger partial charge in [-0.3, -0.25) is 4.79 Å². The normalized spacial score (nSPS) is 35.1. The number of carbonyl (C=O) groups excluding carboxylic acids is 1. The van der Waals surface area contributed by atoms with E-state index in [-0.39, 0.29) is 5.78 Å². The van der Waals surface area contributed by atoms with Crippen molar-refractivity contribution in [1.82, 2.24) is 0 Å². The summed E-state index contributed by atoms with van der Waals surface area (Å²) in [5.41, 5.74) is 2.18. The van der Waals surface area contributed by atoms with E-state index in [2.05, 4.69) is 0 Å². The van der Waals surface area contributed by atoms with Gasteiger partial charge in [0.2, 0.25) is 0 Å². The molecule has 96 valence electrons. The molecule has 0 N–H and O–H groups in total. The Bertz CT molecular complexity index is 455. The number of carbonyl (C=O) groups is 1. The zero-order valence-electron chi connectivity index (χ0n) is 10.5. The Hall–Kier alpha value is -0.790. The van der Waals surface area contributed by atoms with Crippen LogP contribution < -0.4 is 0 Å². The van der Waals surface area contributed by atoms with E-state index in [9.17, 15) is 4.79 Å². The highest BCUT2D eigenvalue weighted by Crippen LogP contribution is 2.40. The number of hydrogen-bond donors (Lipinski definition) is 0. The van der Waals surface area contributed by atoms with Crippen LogP contribution in [0.3, 0.4) is 0 Å². The number of halogens is 2. The maximum Gasteiger partial charge on any atom is 0.182 e. The topological polar surface area (TPSA) is 17.1 Å². The van der Waals surface area contributed by atoms with Gasteiger partial charge >= 0.3 is 0 Å². The van der Waals surface area contributed by atoms with Crippen molar-refractivity contribution in [3.05, 3.63) is 47.6 Å². The van der Waals surface area contributed by atoms with Crippen molar-refractivity contribution in [2.24, 2.45) is 0 Å². The lowest BCUT2D eigenvalue weighted by Gasteiger charge is -2.34. The second-order valence-corrected chi connectivity index (χ2v) is 6.50. The van der Waals surface area contributed by atoms with Crippen LogP contribution in [0.25, 0.3) is 0 Å². The van der Waals surface area contributed by atoms with Crippen LogP contribution in [0.2, 0.25) is 0 Å². The molecule has 0 bridgehead atoms. The SMILES string of the molecule is CC1=CC=CC(Cl)(C(=O)C2(Cl)C=CC=C(C)C2)C1. The first kappa shape index (κ1) is 13.6. The Morgan fingerprint density at radius 1 is 1.00 bits per heavy atom. The smallest absolute Gasteiger partial charge is 0.182 e. The highest BCUT2D eigenvalue weighted by atomic mass is 35.5. The number of hydrogen-bond acceptors (Lipinski definition) is 1. The van der Waals surface area contributed by atoms with Crippen LogP contribution in [-0.4, -0.2) is 15.5 Å². The van der Waals surface area contributed by atoms with Gasteiger partial charge in [-0.2, -0.15) is 0 Å². The maximum atomic E-state index is 12.7. The summed E-state index contributed by atoms with van der Waals surface area (Å²) in [4.78, 5) is 10.6. The Morgan fingerprint density at radius 3 is 1.72 bits per heavy atom. The third-order valence-electron chi connectivity index (χ3n) is 3.31. The van der Waals surface area contributed by atoms with Gasteiger partial charge in [-0.05, 0) is 26.7 Å². The van der Waals surface area contributed by atoms with Gasteiger partial charge < -0.3 is 0 Å². The molecular weight excluding hydrogens is 267 g/mol. The minimum atomic E-state index is -1.01. The lowest BCUT2D eigenvalue weighted by molar-refractivity contribution is -0.122. The Kier molecular flexibility index (Phi) is 3.57. The average Bonchev–Trinajstić information content (AvgIpc) is 2.27. The van der Waals surface area contributed by atoms with Crippen molar-refractivity contribution in [2.45, 2.75) is 36.4 Å². The summed E-state index contributed by atoms with van der Waals surface area (Å²) in [7, 11) is 0. The van der Waals surface area contributed by atoms with Crippen LogP contribution in [0, 0.1) is 0 Å². The van der Waals surface area contributed by atoms with Gasteiger partial charge in [0.15, 0.2) is 5.78 Å². The van der Waals surface area contributed by atoms with E-state index in [4.69, 9.17) is 23.2 Å². The lowest BCUT2D eigenvalue weighted by atomic mass is 9.80. The molecule has 0 saturated heterocycles. The molecule has 2 aliphatic carbocycles. The Labute approximate surface area is 118 Å². The van der Waals surface area contributed by atoms with Crippen molar-refractivity contribution in [3.8, 4) is 0 Å². The molecule has 0 fully saturated rings. The predicted molar refractivity (Wildman–Crippen MR) is 77.2 cm³/mol. The first-order valence-corrected chi connectivity index (χ1v) is 6.74. The minimum absolute atomic E-state index is 0.134. The van der Waals surface area contributed by atoms with Gasteiger partial charge in [-0.25, -0.2) is 0 Å². The number of alkyl halides is 2. The van der Waals surface area contributed by atoms with Gasteiger partial charge in [0.1, 0.15) is 9.75 Å². The third kappa shape index (κ3) is 2.48. The van der Waals surface area contributed by atoms with Crippen LogP contribution in [0.15, 0.2) is 47.6 Å². The van der Waals surface area contributed by atoms with Crippen LogP contribution >= 0.6 is 23.2 Å². The zero-order chi connectivity index (χ0) is 13.4. The molecule has 0 radical (unpaired) electrons. The van der Waals surface area contributed by atoms with E-state index in [1.165, 1.54) is 0 Å². The predicted octanol–water partition coefficient (Wildman–Crippen LogP) is 4.32. The first-order chi connectivity index (χ1) is 8.36. The number of rotatable bonds is 2. The lowest BCUT2D eigenvalue weighted by Crippen LogP contribution is -2.45. The molecule has 0 aromatic rings. The van der Waals surface area contributed by atoms with Gasteiger partial charge in [-0.1, -0.05) is 47.6 Å². The van der Waals surface area contributed by atoms with Crippen LogP contribution in [-0.2, 0) is 4.79 Å². The molecule has 0 heterocycles. The summed E-state index contributed by atoms with van der Waals surface area (Å²) in [5, 5.41) is 0. The molecule has 0 aliphatic heterocycles. The monoisotopic (exact) mass is 282 g/mol. The summed E-state index contributed by atoms with van der Waals surface area (Å²) >= 11 is 13.0. The molecule has 2 rings (SSSR count). The number of Topliss-reactive ketones (excluding diaryl/α,β-unsaturated/α-hetero) is 1. The Balaban J connectivity index is 2.28. The third-order valence-corrected chi connectivity index (χ3v) is 4.17. The van der Waals surface area contributed by atoms with Crippen molar-refractivity contribution in [1.29, 1.82) is 0 Å². The van der Waals surface area contributed by atoms with Crippen molar-refractivity contribution >= 4 is 29.0 Å². The summed E-state index contributed by atoms with van der Waals surface area (Å²) in [5.74, 6) is -0.134. The summed E-state index contributed by atoms with van der Waals surface area (Å²) < 4.78 is 0. The number of ketones is 1. The highest BCUT2D eigenvalue weighted by Gasteiger charge is 2.46. The van der Waals surface area contributed by atoms with E-state index in [1.807, 2.05) is 38.2 Å². The fourth-order valence-electron chi connectivity index (χ4n) is 2.43. The van der Waals surface area contributed by atoms with Crippen molar-refractivity contribution in [2.75, 3.05) is 0 Å². The van der Waals surface area contributed by atoms with E-state index in [0.717, 1.165) is 11.1 Å². The van der Waals surface area contributed by atoms with Gasteiger partial charge in [0.25, 0.3) is 0 Å². The summed E-state index contributed by atoms with van der Waals surface area (Å²) in [6.45, 7) is 3.94. The molecule has 0 aromatic heterocycles. The van der Waals surface area contributed by atoms with E-state index in [1.54, 1.807) is 12.2 Å². The molecule has 0 spiro atoms. The van der Waals surface area contributed by atoms with Crippen LogP contribution in [0.5, 0.6) is 0 Å². The second-order valence-electron chi connectivity index (χ2n) is 5.15. The standard InChI is InChI=1S/C15H16Cl2O/c1-11-5-3-7-14(16,9-11)13(18)15(17)8-4-6-12(2)10-15/h3-8H,9-10H2,1-2H3. The molecular formula is C15H16Cl2O. The quantitative estimate of drug-likeness (QED) is 0.690. The fraction of sp³-hybridized carbons (Fsp3) is 0.400. The van der Waals surface area contributed by atoms with E-state index >= 15 is 0 Å². The number of allylic oxidation sites excluding steroid dienone is 8. The van der Waals surface area contributed by atoms with Gasteiger partial charge in [0, 0.05) is 0 Å². The largest absolute Gasteiger partial charge is 0.295 e. The molecule has 2 unspecified atom stereocenters.